The van der Waals surface area contributed by atoms with Gasteiger partial charge in [0, 0.05) is 25.1 Å². The number of hydrogen-bond acceptors (Lipinski definition) is 3. The van der Waals surface area contributed by atoms with Crippen LogP contribution < -0.4 is 10.6 Å². The van der Waals surface area contributed by atoms with Crippen LogP contribution in [-0.2, 0) is 6.54 Å². The van der Waals surface area contributed by atoms with E-state index in [4.69, 9.17) is 0 Å². The predicted molar refractivity (Wildman–Crippen MR) is 129 cm³/mol. The van der Waals surface area contributed by atoms with Crippen LogP contribution in [0.25, 0.3) is 5.82 Å². The molecule has 2 N–H and O–H groups in total. The third-order valence-electron chi connectivity index (χ3n) is 4.69. The second kappa shape index (κ2) is 11.1. The lowest BCUT2D eigenvalue weighted by Crippen LogP contribution is -2.38. The maximum Gasteiger partial charge on any atom is 0.192 e. The van der Waals surface area contributed by atoms with E-state index >= 15 is 0 Å². The van der Waals surface area contributed by atoms with E-state index in [2.05, 4.69) is 25.6 Å². The van der Waals surface area contributed by atoms with Crippen molar-refractivity contribution < 1.29 is 4.39 Å². The first-order valence-corrected chi connectivity index (χ1v) is 9.74. The Morgan fingerprint density at radius 3 is 2.60 bits per heavy atom. The van der Waals surface area contributed by atoms with Crippen molar-refractivity contribution >= 4 is 29.9 Å². The third kappa shape index (κ3) is 6.01. The SMILES string of the molecule is CCNC(=NCc1ccc(-n2ccnc2C)nc1)NC(C)c1ccc(C)c(F)c1.I. The summed E-state index contributed by atoms with van der Waals surface area (Å²) >= 11 is 0. The number of halogens is 2. The summed E-state index contributed by atoms with van der Waals surface area (Å²) in [4.78, 5) is 13.4. The molecule has 1 aromatic carbocycles. The van der Waals surface area contributed by atoms with Gasteiger partial charge in [-0.15, -0.1) is 24.0 Å². The van der Waals surface area contributed by atoms with Gasteiger partial charge >= 0.3 is 0 Å². The number of rotatable bonds is 6. The Labute approximate surface area is 194 Å². The highest BCUT2D eigenvalue weighted by molar-refractivity contribution is 14.0. The first-order chi connectivity index (χ1) is 14.0. The Morgan fingerprint density at radius 1 is 1.20 bits per heavy atom. The van der Waals surface area contributed by atoms with Crippen molar-refractivity contribution in [3.05, 3.63) is 77.3 Å². The van der Waals surface area contributed by atoms with Crippen LogP contribution in [0.1, 0.15) is 42.4 Å². The van der Waals surface area contributed by atoms with E-state index in [0.717, 1.165) is 29.3 Å². The van der Waals surface area contributed by atoms with Gasteiger partial charge in [0.1, 0.15) is 17.5 Å². The summed E-state index contributed by atoms with van der Waals surface area (Å²) < 4.78 is 15.8. The second-order valence-electron chi connectivity index (χ2n) is 6.94. The van der Waals surface area contributed by atoms with E-state index in [-0.39, 0.29) is 35.8 Å². The molecule has 0 aliphatic heterocycles. The Morgan fingerprint density at radius 2 is 2.00 bits per heavy atom. The molecular weight excluding hydrogens is 494 g/mol. The molecule has 2 heterocycles. The highest BCUT2D eigenvalue weighted by Crippen LogP contribution is 2.16. The fourth-order valence-corrected chi connectivity index (χ4v) is 2.93. The molecule has 0 spiro atoms. The van der Waals surface area contributed by atoms with Crippen molar-refractivity contribution in [2.75, 3.05) is 6.54 Å². The molecule has 8 heteroatoms. The zero-order valence-corrected chi connectivity index (χ0v) is 20.0. The van der Waals surface area contributed by atoms with Crippen molar-refractivity contribution in [2.24, 2.45) is 4.99 Å². The van der Waals surface area contributed by atoms with E-state index in [1.54, 1.807) is 25.3 Å². The topological polar surface area (TPSA) is 67.1 Å². The van der Waals surface area contributed by atoms with Crippen LogP contribution in [0.4, 0.5) is 4.39 Å². The molecule has 0 saturated heterocycles. The maximum atomic E-state index is 13.9. The van der Waals surface area contributed by atoms with Crippen molar-refractivity contribution in [2.45, 2.75) is 40.3 Å². The Balaban J connectivity index is 0.00000320. The number of aryl methyl sites for hydroxylation is 2. The van der Waals surface area contributed by atoms with Gasteiger partial charge in [-0.05, 0) is 56.5 Å². The van der Waals surface area contributed by atoms with Gasteiger partial charge < -0.3 is 10.6 Å². The number of hydrogen-bond donors (Lipinski definition) is 2. The summed E-state index contributed by atoms with van der Waals surface area (Å²) in [6.45, 7) is 8.92. The number of nitrogens with zero attached hydrogens (tertiary/aromatic N) is 4. The molecule has 1 unspecified atom stereocenters. The van der Waals surface area contributed by atoms with Crippen LogP contribution in [0.3, 0.4) is 0 Å². The van der Waals surface area contributed by atoms with Crippen LogP contribution in [0.5, 0.6) is 0 Å². The first-order valence-electron chi connectivity index (χ1n) is 9.74. The minimum Gasteiger partial charge on any atom is -0.357 e. The number of imidazole rings is 1. The van der Waals surface area contributed by atoms with Gasteiger partial charge in [0.25, 0.3) is 0 Å². The quantitative estimate of drug-likeness (QED) is 0.285. The molecule has 3 aromatic rings. The Hall–Kier alpha value is -2.49. The highest BCUT2D eigenvalue weighted by atomic mass is 127. The van der Waals surface area contributed by atoms with Crippen molar-refractivity contribution in [1.29, 1.82) is 0 Å². The molecule has 3 rings (SSSR count). The lowest BCUT2D eigenvalue weighted by atomic mass is 10.1. The fraction of sp³-hybridized carbons (Fsp3) is 0.318. The first kappa shape index (κ1) is 23.8. The molecular formula is C22H28FIN6. The Bertz CT molecular complexity index is 984. The predicted octanol–water partition coefficient (Wildman–Crippen LogP) is 4.46. The normalized spacial score (nSPS) is 12.2. The van der Waals surface area contributed by atoms with Crippen molar-refractivity contribution in [3.63, 3.8) is 0 Å². The molecule has 6 nitrogen and oxygen atoms in total. The second-order valence-corrected chi connectivity index (χ2v) is 6.94. The lowest BCUT2D eigenvalue weighted by Gasteiger charge is -2.18. The fourth-order valence-electron chi connectivity index (χ4n) is 2.93. The van der Waals surface area contributed by atoms with E-state index < -0.39 is 0 Å². The van der Waals surface area contributed by atoms with Gasteiger partial charge in [-0.1, -0.05) is 18.2 Å². The molecule has 2 aromatic heterocycles. The van der Waals surface area contributed by atoms with Gasteiger partial charge in [0.2, 0.25) is 0 Å². The Kier molecular flexibility index (Phi) is 8.76. The maximum absolute atomic E-state index is 13.9. The zero-order valence-electron chi connectivity index (χ0n) is 17.7. The van der Waals surface area contributed by atoms with Crippen LogP contribution in [0, 0.1) is 19.7 Å². The number of pyridine rings is 1. The minimum atomic E-state index is -0.197. The summed E-state index contributed by atoms with van der Waals surface area (Å²) in [7, 11) is 0. The zero-order chi connectivity index (χ0) is 20.8. The smallest absolute Gasteiger partial charge is 0.192 e. The molecule has 0 bridgehead atoms. The summed E-state index contributed by atoms with van der Waals surface area (Å²) in [5.41, 5.74) is 2.52. The van der Waals surface area contributed by atoms with Gasteiger partial charge in [-0.2, -0.15) is 0 Å². The molecule has 0 radical (unpaired) electrons. The molecule has 0 fully saturated rings. The number of aliphatic imine (C=N–C) groups is 1. The van der Waals surface area contributed by atoms with Crippen molar-refractivity contribution in [1.82, 2.24) is 25.2 Å². The summed E-state index contributed by atoms with van der Waals surface area (Å²) in [5, 5.41) is 6.56. The standard InChI is InChI=1S/C22H27FN6.HI/c1-5-24-22(28-16(3)19-8-6-15(2)20(23)12-19)27-14-18-7-9-21(26-13-18)29-11-10-25-17(29)4;/h6-13,16H,5,14H2,1-4H3,(H2,24,27,28);1H. The van der Waals surface area contributed by atoms with Gasteiger partial charge in [0.05, 0.1) is 12.6 Å². The summed E-state index contributed by atoms with van der Waals surface area (Å²) in [6.07, 6.45) is 5.46. The summed E-state index contributed by atoms with van der Waals surface area (Å²) in [5.74, 6) is 2.20. The van der Waals surface area contributed by atoms with Crippen LogP contribution >= 0.6 is 24.0 Å². The number of guanidine groups is 1. The van der Waals surface area contributed by atoms with Crippen molar-refractivity contribution in [3.8, 4) is 5.82 Å². The molecule has 0 aliphatic carbocycles. The van der Waals surface area contributed by atoms with Gasteiger partial charge in [-0.3, -0.25) is 4.57 Å². The molecule has 1 atom stereocenters. The molecule has 0 saturated carbocycles. The number of benzene rings is 1. The molecule has 30 heavy (non-hydrogen) atoms. The van der Waals surface area contributed by atoms with Gasteiger partial charge in [-0.25, -0.2) is 19.4 Å². The average Bonchev–Trinajstić information content (AvgIpc) is 3.14. The van der Waals surface area contributed by atoms with Crippen LogP contribution in [0.15, 0.2) is 53.9 Å². The lowest BCUT2D eigenvalue weighted by molar-refractivity contribution is 0.607. The molecule has 0 amide bonds. The third-order valence-corrected chi connectivity index (χ3v) is 4.69. The van der Waals surface area contributed by atoms with E-state index in [0.29, 0.717) is 18.1 Å². The average molecular weight is 522 g/mol. The molecule has 0 aliphatic rings. The van der Waals surface area contributed by atoms with Crippen LogP contribution in [-0.4, -0.2) is 27.0 Å². The highest BCUT2D eigenvalue weighted by Gasteiger charge is 2.10. The number of nitrogens with one attached hydrogen (secondary N) is 2. The van der Waals surface area contributed by atoms with Crippen LogP contribution in [0.2, 0.25) is 0 Å². The van der Waals surface area contributed by atoms with Gasteiger partial charge in [0.15, 0.2) is 5.96 Å². The van der Waals surface area contributed by atoms with E-state index in [1.807, 2.05) is 55.9 Å². The summed E-state index contributed by atoms with van der Waals surface area (Å²) in [6, 6.07) is 9.18. The monoisotopic (exact) mass is 522 g/mol. The number of aromatic nitrogens is 3. The minimum absolute atomic E-state index is 0. The van der Waals surface area contributed by atoms with E-state index in [1.165, 1.54) is 0 Å². The molecule has 160 valence electrons. The van der Waals surface area contributed by atoms with E-state index in [9.17, 15) is 4.39 Å². The largest absolute Gasteiger partial charge is 0.357 e.